The Morgan fingerprint density at radius 1 is 1.15 bits per heavy atom. The summed E-state index contributed by atoms with van der Waals surface area (Å²) in [7, 11) is 0. The average molecular weight is 368 g/mol. The third kappa shape index (κ3) is 2.11. The van der Waals surface area contributed by atoms with Crippen LogP contribution in [0.25, 0.3) is 11.2 Å². The van der Waals surface area contributed by atoms with Gasteiger partial charge in [-0.25, -0.2) is 14.4 Å². The van der Waals surface area contributed by atoms with Crippen molar-refractivity contribution < 1.29 is 17.6 Å². The van der Waals surface area contributed by atoms with Crippen LogP contribution in [0, 0.1) is 17.2 Å². The van der Waals surface area contributed by atoms with Gasteiger partial charge in [-0.2, -0.15) is 13.2 Å². The van der Waals surface area contributed by atoms with E-state index in [2.05, 4.69) is 20.3 Å². The normalized spacial score (nSPS) is 32.2. The number of alkyl halides is 3. The van der Waals surface area contributed by atoms with E-state index in [0.29, 0.717) is 29.0 Å². The van der Waals surface area contributed by atoms with E-state index in [4.69, 9.17) is 0 Å². The molecule has 1 aliphatic heterocycles. The lowest BCUT2D eigenvalue weighted by molar-refractivity contribution is -0.319. The molecular weight excluding hydrogens is 348 g/mol. The van der Waals surface area contributed by atoms with Crippen LogP contribution >= 0.6 is 0 Å². The molecule has 2 N–H and O–H groups in total. The fraction of sp³-hybridized carbons (Fsp3) is 0.667. The van der Waals surface area contributed by atoms with Crippen molar-refractivity contribution in [2.75, 3.05) is 13.1 Å². The van der Waals surface area contributed by atoms with E-state index in [1.54, 1.807) is 0 Å². The second-order valence-electron chi connectivity index (χ2n) is 7.97. The Kier molecular flexibility index (Phi) is 3.42. The van der Waals surface area contributed by atoms with Crippen LogP contribution in [-0.2, 0) is 0 Å². The molecule has 0 amide bonds. The standard InChI is InChI=1S/C18H20F4N4/c19-12-8-24-16-14(13(12)9-2-5-23-6-3-9)25-15(26-16)10-7-17(18(20,21)22)4-1-11(10)17/h8-11,23H,1-7H2,(H,24,25,26). The first-order valence-electron chi connectivity index (χ1n) is 9.22. The SMILES string of the molecule is Fc1cnc2nc(C3CC4(C(F)(F)F)CCC34)[nH]c2c1C1CCNCC1. The van der Waals surface area contributed by atoms with Crippen molar-refractivity contribution in [3.8, 4) is 0 Å². The molecule has 2 aromatic heterocycles. The second kappa shape index (κ2) is 5.41. The molecule has 0 bridgehead atoms. The fourth-order valence-electron chi connectivity index (χ4n) is 5.28. The van der Waals surface area contributed by atoms with Gasteiger partial charge in [0.1, 0.15) is 11.6 Å². The van der Waals surface area contributed by atoms with Gasteiger partial charge in [0.2, 0.25) is 0 Å². The molecule has 3 atom stereocenters. The zero-order valence-corrected chi connectivity index (χ0v) is 14.2. The first-order valence-corrected chi connectivity index (χ1v) is 9.22. The minimum absolute atomic E-state index is 0.0755. The van der Waals surface area contributed by atoms with E-state index in [0.717, 1.165) is 25.9 Å². The highest BCUT2D eigenvalue weighted by molar-refractivity contribution is 5.76. The van der Waals surface area contributed by atoms with Gasteiger partial charge in [0.05, 0.1) is 17.1 Å². The highest BCUT2D eigenvalue weighted by Gasteiger charge is 2.73. The zero-order valence-electron chi connectivity index (χ0n) is 14.2. The lowest BCUT2D eigenvalue weighted by Gasteiger charge is -2.62. The van der Waals surface area contributed by atoms with E-state index >= 15 is 0 Å². The molecule has 3 fully saturated rings. The minimum atomic E-state index is -4.15. The third-order valence-corrected chi connectivity index (χ3v) is 6.87. The van der Waals surface area contributed by atoms with Crippen LogP contribution in [0.15, 0.2) is 6.20 Å². The fourth-order valence-corrected chi connectivity index (χ4v) is 5.28. The predicted molar refractivity (Wildman–Crippen MR) is 87.3 cm³/mol. The van der Waals surface area contributed by atoms with E-state index in [-0.39, 0.29) is 30.5 Å². The maximum atomic E-state index is 14.5. The molecule has 0 spiro atoms. The van der Waals surface area contributed by atoms with Crippen LogP contribution in [0.3, 0.4) is 0 Å². The quantitative estimate of drug-likeness (QED) is 0.788. The summed E-state index contributed by atoms with van der Waals surface area (Å²) in [6.07, 6.45) is -0.444. The van der Waals surface area contributed by atoms with Gasteiger partial charge in [-0.05, 0) is 57.0 Å². The van der Waals surface area contributed by atoms with Crippen LogP contribution in [-0.4, -0.2) is 34.2 Å². The number of rotatable bonds is 2. The number of fused-ring (bicyclic) bond motifs is 2. The Morgan fingerprint density at radius 2 is 1.92 bits per heavy atom. The Bertz CT molecular complexity index is 855. The molecule has 5 rings (SSSR count). The summed E-state index contributed by atoms with van der Waals surface area (Å²) in [6, 6.07) is 0. The summed E-state index contributed by atoms with van der Waals surface area (Å²) < 4.78 is 54.5. The third-order valence-electron chi connectivity index (χ3n) is 6.87. The van der Waals surface area contributed by atoms with Crippen LogP contribution in [0.5, 0.6) is 0 Å². The van der Waals surface area contributed by atoms with Crippen molar-refractivity contribution in [2.24, 2.45) is 11.3 Å². The molecule has 0 aromatic carbocycles. The number of nitrogens with one attached hydrogen (secondary N) is 2. The van der Waals surface area contributed by atoms with E-state index < -0.39 is 17.5 Å². The lowest BCUT2D eigenvalue weighted by atomic mass is 9.42. The van der Waals surface area contributed by atoms with Gasteiger partial charge in [-0.1, -0.05) is 0 Å². The Morgan fingerprint density at radius 3 is 2.54 bits per heavy atom. The highest BCUT2D eigenvalue weighted by Crippen LogP contribution is 2.73. The Balaban J connectivity index is 1.50. The summed E-state index contributed by atoms with van der Waals surface area (Å²) in [6.45, 7) is 1.65. The van der Waals surface area contributed by atoms with Crippen molar-refractivity contribution in [3.05, 3.63) is 23.4 Å². The number of hydrogen-bond acceptors (Lipinski definition) is 3. The summed E-state index contributed by atoms with van der Waals surface area (Å²) in [5.41, 5.74) is 0.0486. The molecule has 8 heteroatoms. The Hall–Kier alpha value is -1.70. The number of pyridine rings is 1. The largest absolute Gasteiger partial charge is 0.394 e. The minimum Gasteiger partial charge on any atom is -0.340 e. The summed E-state index contributed by atoms with van der Waals surface area (Å²) >= 11 is 0. The number of hydrogen-bond donors (Lipinski definition) is 2. The zero-order chi connectivity index (χ0) is 18.1. The number of nitrogens with zero attached hydrogens (tertiary/aromatic N) is 2. The molecule has 0 radical (unpaired) electrons. The highest BCUT2D eigenvalue weighted by atomic mass is 19.4. The van der Waals surface area contributed by atoms with Crippen molar-refractivity contribution in [3.63, 3.8) is 0 Å². The first-order chi connectivity index (χ1) is 12.4. The molecule has 3 heterocycles. The molecule has 3 aliphatic rings. The van der Waals surface area contributed by atoms with Crippen LogP contribution in [0.1, 0.15) is 55.3 Å². The summed E-state index contributed by atoms with van der Waals surface area (Å²) in [4.78, 5) is 11.7. The van der Waals surface area contributed by atoms with E-state index in [1.165, 1.54) is 6.20 Å². The topological polar surface area (TPSA) is 53.6 Å². The second-order valence-corrected chi connectivity index (χ2v) is 7.97. The summed E-state index contributed by atoms with van der Waals surface area (Å²) in [5.74, 6) is -0.382. The van der Waals surface area contributed by atoms with Gasteiger partial charge in [-0.3, -0.25) is 0 Å². The maximum absolute atomic E-state index is 14.5. The summed E-state index contributed by atoms with van der Waals surface area (Å²) in [5, 5.41) is 3.26. The van der Waals surface area contributed by atoms with E-state index in [9.17, 15) is 17.6 Å². The van der Waals surface area contributed by atoms with Gasteiger partial charge < -0.3 is 10.3 Å². The van der Waals surface area contributed by atoms with Gasteiger partial charge >= 0.3 is 6.18 Å². The van der Waals surface area contributed by atoms with Gasteiger partial charge in [-0.15, -0.1) is 0 Å². The van der Waals surface area contributed by atoms with Gasteiger partial charge in [0, 0.05) is 11.5 Å². The molecule has 26 heavy (non-hydrogen) atoms. The van der Waals surface area contributed by atoms with Crippen molar-refractivity contribution in [1.82, 2.24) is 20.3 Å². The molecule has 1 saturated heterocycles. The number of piperidine rings is 1. The molecule has 2 saturated carbocycles. The number of aromatic nitrogens is 3. The average Bonchev–Trinajstić information content (AvgIpc) is 3.00. The number of halogens is 4. The first kappa shape index (κ1) is 16.5. The smallest absolute Gasteiger partial charge is 0.340 e. The van der Waals surface area contributed by atoms with Gasteiger partial charge in [0.25, 0.3) is 0 Å². The lowest BCUT2D eigenvalue weighted by Crippen LogP contribution is -2.62. The molecule has 2 aromatic rings. The number of imidazole rings is 1. The molecule has 2 aliphatic carbocycles. The molecule has 4 nitrogen and oxygen atoms in total. The molecular formula is C18H20F4N4. The van der Waals surface area contributed by atoms with Crippen LogP contribution in [0.4, 0.5) is 17.6 Å². The van der Waals surface area contributed by atoms with Crippen LogP contribution < -0.4 is 5.32 Å². The Labute approximate surface area is 147 Å². The van der Waals surface area contributed by atoms with Crippen LogP contribution in [0.2, 0.25) is 0 Å². The van der Waals surface area contributed by atoms with E-state index in [1.807, 2.05) is 0 Å². The molecule has 140 valence electrons. The molecule has 3 unspecified atom stereocenters. The predicted octanol–water partition coefficient (Wildman–Crippen LogP) is 4.01. The number of H-pyrrole nitrogens is 1. The van der Waals surface area contributed by atoms with Crippen molar-refractivity contribution in [2.45, 2.75) is 50.1 Å². The maximum Gasteiger partial charge on any atom is 0.394 e. The number of aromatic amines is 1. The van der Waals surface area contributed by atoms with Crippen molar-refractivity contribution >= 4 is 11.2 Å². The monoisotopic (exact) mass is 368 g/mol. The van der Waals surface area contributed by atoms with Crippen molar-refractivity contribution in [1.29, 1.82) is 0 Å². The van der Waals surface area contributed by atoms with Gasteiger partial charge in [0.15, 0.2) is 5.65 Å².